The zero-order valence-electron chi connectivity index (χ0n) is 16.7. The van der Waals surface area contributed by atoms with Gasteiger partial charge < -0.3 is 13.9 Å². The molecule has 0 aliphatic heterocycles. The average molecular weight is 406 g/mol. The Morgan fingerprint density at radius 3 is 2.60 bits per heavy atom. The molecule has 2 N–H and O–H groups in total. The number of rotatable bonds is 7. The molecule has 2 amide bonds. The first kappa shape index (κ1) is 20.7. The van der Waals surface area contributed by atoms with Gasteiger partial charge in [0.15, 0.2) is 5.76 Å². The highest BCUT2D eigenvalue weighted by Crippen LogP contribution is 2.20. The van der Waals surface area contributed by atoms with E-state index in [0.29, 0.717) is 17.3 Å². The molecule has 0 aliphatic carbocycles. The van der Waals surface area contributed by atoms with Gasteiger partial charge in [0.2, 0.25) is 0 Å². The summed E-state index contributed by atoms with van der Waals surface area (Å²) in [5.41, 5.74) is 6.41. The predicted octanol–water partition coefficient (Wildman–Crippen LogP) is 3.65. The van der Waals surface area contributed by atoms with Crippen LogP contribution >= 0.6 is 0 Å². The Morgan fingerprint density at radius 2 is 1.83 bits per heavy atom. The number of benzene rings is 2. The van der Waals surface area contributed by atoms with Crippen molar-refractivity contribution in [1.29, 1.82) is 0 Å². The molecular weight excluding hydrogens is 384 g/mol. The van der Waals surface area contributed by atoms with Gasteiger partial charge in [0.05, 0.1) is 7.11 Å². The number of amides is 2. The maximum absolute atomic E-state index is 12.2. The molecule has 0 spiro atoms. The van der Waals surface area contributed by atoms with Gasteiger partial charge in [-0.15, -0.1) is 0 Å². The smallest absolute Gasteiger partial charge is 0.305 e. The van der Waals surface area contributed by atoms with E-state index in [1.807, 2.05) is 55.5 Å². The zero-order chi connectivity index (χ0) is 21.3. The maximum Gasteiger partial charge on any atom is 0.305 e. The summed E-state index contributed by atoms with van der Waals surface area (Å²) in [4.78, 5) is 24.1. The first-order valence-electron chi connectivity index (χ1n) is 9.25. The second-order valence-corrected chi connectivity index (χ2v) is 6.39. The van der Waals surface area contributed by atoms with E-state index in [1.54, 1.807) is 19.3 Å². The molecule has 1 aromatic heterocycles. The van der Waals surface area contributed by atoms with Crippen molar-refractivity contribution in [3.8, 4) is 11.5 Å². The number of ether oxygens (including phenoxy) is 2. The number of para-hydroxylation sites is 1. The van der Waals surface area contributed by atoms with E-state index < -0.39 is 11.8 Å². The minimum Gasteiger partial charge on any atom is -0.496 e. The van der Waals surface area contributed by atoms with Crippen LogP contribution in [-0.4, -0.2) is 18.9 Å². The van der Waals surface area contributed by atoms with E-state index in [2.05, 4.69) is 10.9 Å². The van der Waals surface area contributed by atoms with Crippen LogP contribution < -0.4 is 20.3 Å². The summed E-state index contributed by atoms with van der Waals surface area (Å²) >= 11 is 0. The second-order valence-electron chi connectivity index (χ2n) is 6.39. The van der Waals surface area contributed by atoms with Crippen LogP contribution in [0.25, 0.3) is 6.08 Å². The lowest BCUT2D eigenvalue weighted by Crippen LogP contribution is -2.40. The third kappa shape index (κ3) is 5.75. The molecule has 0 fully saturated rings. The van der Waals surface area contributed by atoms with Crippen molar-refractivity contribution >= 4 is 17.9 Å². The van der Waals surface area contributed by atoms with Gasteiger partial charge in [0, 0.05) is 11.6 Å². The minimum atomic E-state index is -0.573. The summed E-state index contributed by atoms with van der Waals surface area (Å²) in [6.07, 6.45) is 2.91. The minimum absolute atomic E-state index is 0.0614. The zero-order valence-corrected chi connectivity index (χ0v) is 16.7. The molecule has 154 valence electrons. The highest BCUT2D eigenvalue weighted by Gasteiger charge is 2.12. The molecule has 0 saturated heterocycles. The average Bonchev–Trinajstić information content (AvgIpc) is 3.24. The van der Waals surface area contributed by atoms with Gasteiger partial charge >= 0.3 is 5.91 Å². The monoisotopic (exact) mass is 406 g/mol. The fourth-order valence-electron chi connectivity index (χ4n) is 2.62. The number of hydrazine groups is 1. The standard InChI is InChI=1S/C23H22N2O5/c1-16-8-11-20(28-2)17(14-16)9-13-22(26)24-25-23(27)21-12-10-19(30-21)15-29-18-6-4-3-5-7-18/h3-14H,15H2,1-2H3,(H,24,26)(H,25,27)/b13-9+. The van der Waals surface area contributed by atoms with E-state index in [-0.39, 0.29) is 12.4 Å². The Labute approximate surface area is 174 Å². The molecule has 1 heterocycles. The van der Waals surface area contributed by atoms with Crippen LogP contribution in [0.3, 0.4) is 0 Å². The SMILES string of the molecule is COc1ccc(C)cc1/C=C/C(=O)NNC(=O)c1ccc(COc2ccccc2)o1. The number of nitrogens with one attached hydrogen (secondary N) is 2. The largest absolute Gasteiger partial charge is 0.496 e. The molecule has 3 aromatic rings. The number of carbonyl (C=O) groups excluding carboxylic acids is 2. The van der Waals surface area contributed by atoms with Crippen LogP contribution in [0, 0.1) is 6.92 Å². The van der Waals surface area contributed by atoms with E-state index in [9.17, 15) is 9.59 Å². The topological polar surface area (TPSA) is 89.8 Å². The molecule has 2 aromatic carbocycles. The Balaban J connectivity index is 1.50. The summed E-state index contributed by atoms with van der Waals surface area (Å²) in [5.74, 6) is 0.828. The van der Waals surface area contributed by atoms with Crippen molar-refractivity contribution in [2.45, 2.75) is 13.5 Å². The normalized spacial score (nSPS) is 10.6. The highest BCUT2D eigenvalue weighted by molar-refractivity contribution is 5.96. The van der Waals surface area contributed by atoms with Crippen LogP contribution in [0.4, 0.5) is 0 Å². The lowest BCUT2D eigenvalue weighted by Gasteiger charge is -2.06. The number of carbonyl (C=O) groups is 2. The summed E-state index contributed by atoms with van der Waals surface area (Å²) in [7, 11) is 1.56. The van der Waals surface area contributed by atoms with Crippen LogP contribution in [-0.2, 0) is 11.4 Å². The van der Waals surface area contributed by atoms with Crippen molar-refractivity contribution in [3.63, 3.8) is 0 Å². The van der Waals surface area contributed by atoms with Crippen molar-refractivity contribution in [2.75, 3.05) is 7.11 Å². The first-order valence-corrected chi connectivity index (χ1v) is 9.25. The van der Waals surface area contributed by atoms with Gasteiger partial charge in [-0.1, -0.05) is 29.8 Å². The molecule has 30 heavy (non-hydrogen) atoms. The Kier molecular flexibility index (Phi) is 6.89. The van der Waals surface area contributed by atoms with E-state index in [0.717, 1.165) is 11.1 Å². The third-order valence-corrected chi connectivity index (χ3v) is 4.11. The number of methoxy groups -OCH3 is 1. The quantitative estimate of drug-likeness (QED) is 0.462. The molecule has 0 radical (unpaired) electrons. The van der Waals surface area contributed by atoms with Crippen LogP contribution in [0.1, 0.15) is 27.4 Å². The van der Waals surface area contributed by atoms with Crippen LogP contribution in [0.15, 0.2) is 71.2 Å². The molecule has 7 nitrogen and oxygen atoms in total. The van der Waals surface area contributed by atoms with Crippen molar-refractivity contribution in [1.82, 2.24) is 10.9 Å². The molecular formula is C23H22N2O5. The number of hydrogen-bond donors (Lipinski definition) is 2. The molecule has 7 heteroatoms. The summed E-state index contributed by atoms with van der Waals surface area (Å²) in [5, 5.41) is 0. The van der Waals surface area contributed by atoms with E-state index in [4.69, 9.17) is 13.9 Å². The van der Waals surface area contributed by atoms with Crippen molar-refractivity contribution < 1.29 is 23.5 Å². The van der Waals surface area contributed by atoms with Gasteiger partial charge in [0.1, 0.15) is 23.9 Å². The summed E-state index contributed by atoms with van der Waals surface area (Å²) in [6.45, 7) is 2.13. The Morgan fingerprint density at radius 1 is 1.03 bits per heavy atom. The van der Waals surface area contributed by atoms with Crippen molar-refractivity contribution in [2.24, 2.45) is 0 Å². The number of furan rings is 1. The highest BCUT2D eigenvalue weighted by atomic mass is 16.5. The lowest BCUT2D eigenvalue weighted by molar-refractivity contribution is -0.117. The molecule has 0 saturated carbocycles. The van der Waals surface area contributed by atoms with Gasteiger partial charge in [0.25, 0.3) is 5.91 Å². The third-order valence-electron chi connectivity index (χ3n) is 4.11. The summed E-state index contributed by atoms with van der Waals surface area (Å²) in [6, 6.07) is 18.1. The predicted molar refractivity (Wildman–Crippen MR) is 112 cm³/mol. The number of hydrogen-bond acceptors (Lipinski definition) is 5. The van der Waals surface area contributed by atoms with Gasteiger partial charge in [-0.05, 0) is 49.4 Å². The molecule has 0 unspecified atom stereocenters. The van der Waals surface area contributed by atoms with Crippen LogP contribution in [0.2, 0.25) is 0 Å². The lowest BCUT2D eigenvalue weighted by atomic mass is 10.1. The fourth-order valence-corrected chi connectivity index (χ4v) is 2.62. The Hall–Kier alpha value is -4.00. The molecule has 0 bridgehead atoms. The van der Waals surface area contributed by atoms with Gasteiger partial charge in [-0.3, -0.25) is 20.4 Å². The van der Waals surface area contributed by atoms with Crippen molar-refractivity contribution in [3.05, 3.63) is 89.4 Å². The van der Waals surface area contributed by atoms with E-state index >= 15 is 0 Å². The molecule has 0 aliphatic rings. The first-order chi connectivity index (χ1) is 14.5. The molecule has 0 atom stereocenters. The second kappa shape index (κ2) is 9.97. The van der Waals surface area contributed by atoms with Crippen LogP contribution in [0.5, 0.6) is 11.5 Å². The Bertz CT molecular complexity index is 1040. The van der Waals surface area contributed by atoms with Gasteiger partial charge in [-0.2, -0.15) is 0 Å². The number of aryl methyl sites for hydroxylation is 1. The maximum atomic E-state index is 12.2. The van der Waals surface area contributed by atoms with Gasteiger partial charge in [-0.25, -0.2) is 0 Å². The van der Waals surface area contributed by atoms with E-state index in [1.165, 1.54) is 12.1 Å². The molecule has 3 rings (SSSR count). The fraction of sp³-hybridized carbons (Fsp3) is 0.130. The summed E-state index contributed by atoms with van der Waals surface area (Å²) < 4.78 is 16.3.